The number of alkyl halides is 3. The molecule has 2 atom stereocenters. The van der Waals surface area contributed by atoms with E-state index in [1.165, 1.54) is 65.2 Å². The second-order valence-corrected chi connectivity index (χ2v) is 14.4. The molecule has 0 saturated carbocycles. The number of quaternary nitrogens is 1. The fourth-order valence-corrected chi connectivity index (χ4v) is 6.84. The molecular formula is C37H37F5N4O8S+2. The summed E-state index contributed by atoms with van der Waals surface area (Å²) in [7, 11) is -2.28. The van der Waals surface area contributed by atoms with Crippen molar-refractivity contribution < 1.29 is 68.2 Å². The molecule has 18 heteroatoms. The fourth-order valence-electron chi connectivity index (χ4n) is 5.88. The van der Waals surface area contributed by atoms with E-state index in [1.54, 1.807) is 24.3 Å². The van der Waals surface area contributed by atoms with Crippen molar-refractivity contribution in [3.8, 4) is 11.5 Å². The highest BCUT2D eigenvalue weighted by atomic mass is 32.2. The highest BCUT2D eigenvalue weighted by Gasteiger charge is 2.40. The van der Waals surface area contributed by atoms with Crippen LogP contribution in [0.3, 0.4) is 0 Å². The third-order valence-corrected chi connectivity index (χ3v) is 9.65. The molecule has 0 spiro atoms. The molecule has 4 aromatic carbocycles. The second-order valence-electron chi connectivity index (χ2n) is 12.9. The Morgan fingerprint density at radius 2 is 1.53 bits per heavy atom. The first kappa shape index (κ1) is 41.9. The number of hydrogen-bond donors (Lipinski definition) is 4. The van der Waals surface area contributed by atoms with Crippen molar-refractivity contribution in [1.82, 2.24) is 0 Å². The number of carbonyl (C=O) groups excluding carboxylic acids is 2. The first-order valence-corrected chi connectivity index (χ1v) is 17.9. The number of nitrogens with one attached hydrogen (secondary N) is 1. The van der Waals surface area contributed by atoms with Crippen molar-refractivity contribution in [1.29, 1.82) is 0 Å². The number of aromatic hydroxyl groups is 1. The van der Waals surface area contributed by atoms with Gasteiger partial charge in [-0.3, -0.25) is 4.79 Å². The maximum absolute atomic E-state index is 14.1. The Kier molecular flexibility index (Phi) is 13.3. The number of carboxylic acid groups (broad SMARTS) is 1. The number of nitrogens with zero attached hydrogens (tertiary/aromatic N) is 2. The molecule has 1 saturated heterocycles. The Morgan fingerprint density at radius 3 is 2.09 bits per heavy atom. The van der Waals surface area contributed by atoms with E-state index in [2.05, 4.69) is 5.32 Å². The molecule has 5 N–H and O–H groups in total. The number of halogens is 5. The molecule has 292 valence electrons. The quantitative estimate of drug-likeness (QED) is 0.0695. The van der Waals surface area contributed by atoms with Crippen molar-refractivity contribution >= 4 is 39.4 Å². The van der Waals surface area contributed by atoms with Gasteiger partial charge in [0.2, 0.25) is 0 Å². The monoisotopic (exact) mass is 792 g/mol. The van der Waals surface area contributed by atoms with Gasteiger partial charge >= 0.3 is 28.3 Å². The van der Waals surface area contributed by atoms with Crippen LogP contribution in [0.1, 0.15) is 24.0 Å². The van der Waals surface area contributed by atoms with Gasteiger partial charge in [0.1, 0.15) is 52.5 Å². The molecule has 0 aliphatic carbocycles. The molecule has 1 unspecified atom stereocenters. The standard InChI is InChI=1S/C35H34F2N4O6S.C2HF3O2/c1-41(22-25-7-11-26(36)12-8-25)19-3-5-29(23-41)40(33(34(38)43)20-24-9-15-30(42)16-10-24)35(44)39-28-13-17-31(18-14-28)47-48(45,46)32-6-2-4-27(37)21-32;3-2(4,5)1(6)7/h2,4,6-18,21,33H,3,5,19-20,22-23H2,1H3,(H2-2,38,39,42,43,44);(H,6,7)/p+2/b40-29+;/t33-,41?;/m0./s1. The number of hydrogen-bond acceptors (Lipinski definition) is 7. The van der Waals surface area contributed by atoms with Gasteiger partial charge in [-0.2, -0.15) is 31.0 Å². The van der Waals surface area contributed by atoms with Crippen LogP contribution in [-0.4, -0.2) is 83.7 Å². The minimum absolute atomic E-state index is 0.0515. The lowest BCUT2D eigenvalue weighted by molar-refractivity contribution is -0.918. The highest BCUT2D eigenvalue weighted by molar-refractivity contribution is 7.87. The van der Waals surface area contributed by atoms with E-state index >= 15 is 0 Å². The first-order valence-electron chi connectivity index (χ1n) is 16.4. The lowest BCUT2D eigenvalue weighted by Gasteiger charge is -2.38. The van der Waals surface area contributed by atoms with Gasteiger partial charge in [-0.05, 0) is 72.3 Å². The predicted molar refractivity (Wildman–Crippen MR) is 189 cm³/mol. The lowest BCUT2D eigenvalue weighted by atomic mass is 10.0. The Bertz CT molecular complexity index is 2150. The summed E-state index contributed by atoms with van der Waals surface area (Å²) in [6.45, 7) is 1.77. The summed E-state index contributed by atoms with van der Waals surface area (Å²) in [4.78, 5) is 35.6. The van der Waals surface area contributed by atoms with Crippen molar-refractivity contribution in [3.63, 3.8) is 0 Å². The summed E-state index contributed by atoms with van der Waals surface area (Å²) in [5, 5.41) is 19.7. The molecule has 1 aliphatic heterocycles. The summed E-state index contributed by atoms with van der Waals surface area (Å²) < 4.78 is 91.2. The average molecular weight is 793 g/mol. The molecule has 0 bridgehead atoms. The summed E-state index contributed by atoms with van der Waals surface area (Å²) in [6, 6.07) is 20.8. The summed E-state index contributed by atoms with van der Waals surface area (Å²) in [5.74, 6) is -4.56. The molecule has 55 heavy (non-hydrogen) atoms. The molecule has 12 nitrogen and oxygen atoms in total. The Morgan fingerprint density at radius 1 is 0.927 bits per heavy atom. The number of aliphatic carboxylic acids is 1. The number of phenols is 1. The number of carbonyl (C=O) groups is 3. The number of likely N-dealkylation sites (tertiary alicyclic amines) is 1. The van der Waals surface area contributed by atoms with E-state index in [1.807, 2.05) is 7.05 Å². The number of primary amides is 1. The van der Waals surface area contributed by atoms with Gasteiger partial charge in [-0.1, -0.05) is 30.3 Å². The summed E-state index contributed by atoms with van der Waals surface area (Å²) >= 11 is 0. The number of phenolic OH excluding ortho intramolecular Hbond substituents is 1. The van der Waals surface area contributed by atoms with E-state index in [0.29, 0.717) is 41.7 Å². The van der Waals surface area contributed by atoms with Gasteiger partial charge in [0, 0.05) is 24.8 Å². The molecular weight excluding hydrogens is 755 g/mol. The smallest absolute Gasteiger partial charge is 0.496 e. The van der Waals surface area contributed by atoms with Crippen LogP contribution < -0.4 is 15.2 Å². The Labute approximate surface area is 312 Å². The summed E-state index contributed by atoms with van der Waals surface area (Å²) in [6.07, 6.45) is -3.76. The number of urea groups is 1. The topological polar surface area (TPSA) is 176 Å². The normalized spacial score (nSPS) is 17.2. The van der Waals surface area contributed by atoms with Crippen LogP contribution in [0.5, 0.6) is 11.5 Å². The van der Waals surface area contributed by atoms with Gasteiger partial charge in [0.25, 0.3) is 5.91 Å². The Hall–Kier alpha value is -5.88. The van der Waals surface area contributed by atoms with Crippen LogP contribution in [0.4, 0.5) is 32.4 Å². The molecule has 1 aliphatic rings. The maximum Gasteiger partial charge on any atom is 0.496 e. The van der Waals surface area contributed by atoms with Crippen LogP contribution in [0, 0.1) is 11.6 Å². The molecule has 4 aromatic rings. The van der Waals surface area contributed by atoms with E-state index in [0.717, 1.165) is 24.2 Å². The predicted octanol–water partition coefficient (Wildman–Crippen LogP) is 5.59. The number of carboxylic acids is 1. The molecule has 0 aromatic heterocycles. The second kappa shape index (κ2) is 17.5. The molecule has 1 heterocycles. The SMILES string of the molecule is C[N+]1(Cc2ccc(F)cc2)CCC/C(=[N+](\C(=O)Nc2ccc(OS(=O)(=O)c3cccc(F)c3)cc2)[C@@H](Cc2ccc(O)cc2)C(N)=O)C1.O=C(O)C(F)(F)F. The number of benzene rings is 4. The van der Waals surface area contributed by atoms with Crippen LogP contribution in [-0.2, 0) is 32.7 Å². The number of rotatable bonds is 10. The fraction of sp³-hybridized carbons (Fsp3) is 0.243. The van der Waals surface area contributed by atoms with E-state index in [4.69, 9.17) is 19.8 Å². The zero-order valence-corrected chi connectivity index (χ0v) is 30.0. The van der Waals surface area contributed by atoms with Crippen molar-refractivity contribution in [2.24, 2.45) is 5.73 Å². The number of amides is 3. The third kappa shape index (κ3) is 12.1. The minimum atomic E-state index is -5.08. The van der Waals surface area contributed by atoms with Gasteiger partial charge < -0.3 is 24.6 Å². The number of anilines is 1. The van der Waals surface area contributed by atoms with Crippen LogP contribution in [0.25, 0.3) is 0 Å². The Balaban J connectivity index is 0.000000876. The minimum Gasteiger partial charge on any atom is -0.508 e. The third-order valence-electron chi connectivity index (χ3n) is 8.41. The van der Waals surface area contributed by atoms with Gasteiger partial charge in [-0.25, -0.2) is 18.9 Å². The lowest BCUT2D eigenvalue weighted by Crippen LogP contribution is -2.56. The molecule has 3 amide bonds. The van der Waals surface area contributed by atoms with Crippen molar-refractivity contribution in [2.75, 3.05) is 25.5 Å². The van der Waals surface area contributed by atoms with Crippen molar-refractivity contribution in [2.45, 2.75) is 42.9 Å². The van der Waals surface area contributed by atoms with E-state index in [-0.39, 0.29) is 34.3 Å². The molecule has 5 rings (SSSR count). The van der Waals surface area contributed by atoms with Crippen LogP contribution in [0.15, 0.2) is 102 Å². The van der Waals surface area contributed by atoms with E-state index < -0.39 is 46.1 Å². The number of piperidine rings is 1. The van der Waals surface area contributed by atoms with Crippen molar-refractivity contribution in [3.05, 3.63) is 120 Å². The van der Waals surface area contributed by atoms with Crippen LogP contribution in [0.2, 0.25) is 0 Å². The van der Waals surface area contributed by atoms with Gasteiger partial charge in [-0.15, -0.1) is 0 Å². The van der Waals surface area contributed by atoms with Gasteiger partial charge in [0.05, 0.1) is 13.6 Å². The molecule has 0 radical (unpaired) electrons. The maximum atomic E-state index is 14.1. The first-order chi connectivity index (χ1) is 25.7. The summed E-state index contributed by atoms with van der Waals surface area (Å²) in [5.41, 5.74) is 8.51. The number of nitrogens with two attached hydrogens (primary N) is 1. The van der Waals surface area contributed by atoms with Crippen LogP contribution >= 0.6 is 0 Å². The molecule has 1 fully saturated rings. The zero-order valence-electron chi connectivity index (χ0n) is 29.2. The highest BCUT2D eigenvalue weighted by Crippen LogP contribution is 2.24. The van der Waals surface area contributed by atoms with Gasteiger partial charge in [0.15, 0.2) is 6.04 Å². The van der Waals surface area contributed by atoms with E-state index in [9.17, 15) is 45.1 Å². The largest absolute Gasteiger partial charge is 0.508 e. The zero-order chi connectivity index (χ0) is 40.6. The average Bonchev–Trinajstić information content (AvgIpc) is 3.10.